The van der Waals surface area contributed by atoms with Crippen LogP contribution in [-0.4, -0.2) is 80.7 Å². The van der Waals surface area contributed by atoms with Crippen molar-refractivity contribution in [1.82, 2.24) is 10.2 Å². The quantitative estimate of drug-likeness (QED) is 0.286. The van der Waals surface area contributed by atoms with Crippen LogP contribution in [0.25, 0.3) is 0 Å². The Kier molecular flexibility index (Phi) is 13.1. The molecule has 0 bridgehead atoms. The zero-order valence-electron chi connectivity index (χ0n) is 23.9. The standard InChI is InChI=1S/C29H51N3O5/c1-21(2)23(17-22-11-12-26(36-6)27(18-22)37-16-10-15-35-5)19-24(30)25(33)20-31-28(34)29(3,4)32-13-8-7-9-14-32/h11-12,18,21,23-25,33H,7-10,13-17,19-20,30H2,1-6H3,(H,31,34). The lowest BCUT2D eigenvalue weighted by Gasteiger charge is -2.39. The molecule has 0 saturated carbocycles. The van der Waals surface area contributed by atoms with Crippen molar-refractivity contribution in [2.24, 2.45) is 17.6 Å². The van der Waals surface area contributed by atoms with Gasteiger partial charge in [-0.2, -0.15) is 0 Å². The highest BCUT2D eigenvalue weighted by molar-refractivity contribution is 5.85. The summed E-state index contributed by atoms with van der Waals surface area (Å²) in [5.41, 5.74) is 6.99. The van der Waals surface area contributed by atoms with E-state index in [-0.39, 0.29) is 18.4 Å². The first-order valence-electron chi connectivity index (χ1n) is 13.9. The Morgan fingerprint density at radius 3 is 2.46 bits per heavy atom. The Morgan fingerprint density at radius 1 is 1.14 bits per heavy atom. The fourth-order valence-electron chi connectivity index (χ4n) is 4.91. The number of ether oxygens (including phenoxy) is 3. The molecule has 1 aromatic carbocycles. The Hall–Kier alpha value is -1.87. The van der Waals surface area contributed by atoms with Gasteiger partial charge in [-0.1, -0.05) is 26.3 Å². The van der Waals surface area contributed by atoms with E-state index in [9.17, 15) is 9.90 Å². The highest BCUT2D eigenvalue weighted by Gasteiger charge is 2.35. The number of benzene rings is 1. The topological polar surface area (TPSA) is 106 Å². The maximum absolute atomic E-state index is 12.9. The third kappa shape index (κ3) is 9.74. The largest absolute Gasteiger partial charge is 0.493 e. The summed E-state index contributed by atoms with van der Waals surface area (Å²) >= 11 is 0. The first kappa shape index (κ1) is 31.3. The Bertz CT molecular complexity index is 811. The predicted octanol–water partition coefficient (Wildman–Crippen LogP) is 3.38. The highest BCUT2D eigenvalue weighted by Crippen LogP contribution is 2.31. The summed E-state index contributed by atoms with van der Waals surface area (Å²) in [7, 11) is 3.32. The second-order valence-electron chi connectivity index (χ2n) is 11.2. The van der Waals surface area contributed by atoms with E-state index in [0.717, 1.165) is 50.1 Å². The zero-order chi connectivity index (χ0) is 27.4. The van der Waals surface area contributed by atoms with E-state index >= 15 is 0 Å². The molecule has 1 aliphatic heterocycles. The summed E-state index contributed by atoms with van der Waals surface area (Å²) in [5, 5.41) is 13.7. The number of likely N-dealkylation sites (tertiary alicyclic amines) is 1. The number of nitrogens with two attached hydrogens (primary N) is 1. The summed E-state index contributed by atoms with van der Waals surface area (Å²) in [6.07, 6.45) is 4.92. The molecule has 1 amide bonds. The minimum atomic E-state index is -0.807. The molecule has 1 aromatic rings. The van der Waals surface area contributed by atoms with E-state index in [0.29, 0.717) is 31.3 Å². The minimum absolute atomic E-state index is 0.0580. The van der Waals surface area contributed by atoms with Crippen LogP contribution in [0.4, 0.5) is 0 Å². The molecule has 1 heterocycles. The lowest BCUT2D eigenvalue weighted by atomic mass is 9.83. The molecule has 8 heteroatoms. The number of nitrogens with zero attached hydrogens (tertiary/aromatic N) is 1. The van der Waals surface area contributed by atoms with Crippen molar-refractivity contribution < 1.29 is 24.1 Å². The third-order valence-corrected chi connectivity index (χ3v) is 7.66. The fourth-order valence-corrected chi connectivity index (χ4v) is 4.91. The number of aliphatic hydroxyl groups excluding tert-OH is 1. The molecule has 3 atom stereocenters. The molecule has 2 rings (SSSR count). The normalized spacial score (nSPS) is 17.3. The van der Waals surface area contributed by atoms with Crippen molar-refractivity contribution in [1.29, 1.82) is 0 Å². The summed E-state index contributed by atoms with van der Waals surface area (Å²) in [5.74, 6) is 2.01. The Morgan fingerprint density at radius 2 is 1.84 bits per heavy atom. The van der Waals surface area contributed by atoms with Crippen molar-refractivity contribution in [3.8, 4) is 11.5 Å². The molecular formula is C29H51N3O5. The Labute approximate surface area is 224 Å². The van der Waals surface area contributed by atoms with Crippen LogP contribution in [0.3, 0.4) is 0 Å². The van der Waals surface area contributed by atoms with Crippen molar-refractivity contribution in [3.05, 3.63) is 23.8 Å². The van der Waals surface area contributed by atoms with Gasteiger partial charge in [0.15, 0.2) is 11.5 Å². The van der Waals surface area contributed by atoms with E-state index in [4.69, 9.17) is 19.9 Å². The zero-order valence-corrected chi connectivity index (χ0v) is 23.9. The molecule has 0 radical (unpaired) electrons. The number of piperidine rings is 1. The summed E-state index contributed by atoms with van der Waals surface area (Å²) in [6, 6.07) is 5.59. The van der Waals surface area contributed by atoms with Gasteiger partial charge in [-0.05, 0) is 82.2 Å². The molecule has 4 N–H and O–H groups in total. The molecule has 37 heavy (non-hydrogen) atoms. The van der Waals surface area contributed by atoms with Crippen LogP contribution in [0.2, 0.25) is 0 Å². The van der Waals surface area contributed by atoms with Crippen molar-refractivity contribution in [2.45, 2.75) is 83.9 Å². The van der Waals surface area contributed by atoms with Gasteiger partial charge in [0.1, 0.15) is 0 Å². The summed E-state index contributed by atoms with van der Waals surface area (Å²) in [4.78, 5) is 15.2. The van der Waals surface area contributed by atoms with Crippen LogP contribution < -0.4 is 20.5 Å². The molecule has 8 nitrogen and oxygen atoms in total. The van der Waals surface area contributed by atoms with E-state index < -0.39 is 17.7 Å². The first-order chi connectivity index (χ1) is 17.6. The van der Waals surface area contributed by atoms with Crippen LogP contribution in [0.1, 0.15) is 65.4 Å². The second kappa shape index (κ2) is 15.5. The van der Waals surface area contributed by atoms with E-state index in [2.05, 4.69) is 30.1 Å². The average Bonchev–Trinajstić information content (AvgIpc) is 2.89. The van der Waals surface area contributed by atoms with Crippen LogP contribution in [0, 0.1) is 11.8 Å². The van der Waals surface area contributed by atoms with E-state index in [1.807, 2.05) is 26.0 Å². The van der Waals surface area contributed by atoms with Gasteiger partial charge in [0, 0.05) is 32.7 Å². The molecule has 212 valence electrons. The van der Waals surface area contributed by atoms with Crippen LogP contribution in [-0.2, 0) is 16.0 Å². The number of hydrogen-bond donors (Lipinski definition) is 3. The van der Waals surface area contributed by atoms with Gasteiger partial charge in [-0.25, -0.2) is 0 Å². The minimum Gasteiger partial charge on any atom is -0.493 e. The molecule has 3 unspecified atom stereocenters. The molecular weight excluding hydrogens is 470 g/mol. The van der Waals surface area contributed by atoms with Gasteiger partial charge in [0.25, 0.3) is 0 Å². The fraction of sp³-hybridized carbons (Fsp3) is 0.759. The molecule has 1 fully saturated rings. The molecule has 0 aromatic heterocycles. The lowest BCUT2D eigenvalue weighted by molar-refractivity contribution is -0.132. The van der Waals surface area contributed by atoms with Crippen molar-refractivity contribution >= 4 is 5.91 Å². The lowest BCUT2D eigenvalue weighted by Crippen LogP contribution is -2.58. The van der Waals surface area contributed by atoms with Crippen molar-refractivity contribution in [3.63, 3.8) is 0 Å². The Balaban J connectivity index is 1.94. The van der Waals surface area contributed by atoms with Gasteiger partial charge >= 0.3 is 0 Å². The van der Waals surface area contributed by atoms with Crippen LogP contribution >= 0.6 is 0 Å². The highest BCUT2D eigenvalue weighted by atomic mass is 16.5. The predicted molar refractivity (Wildman–Crippen MR) is 148 cm³/mol. The number of methoxy groups -OCH3 is 2. The maximum Gasteiger partial charge on any atom is 0.240 e. The molecule has 1 aliphatic rings. The number of carbonyl (C=O) groups is 1. The van der Waals surface area contributed by atoms with Gasteiger partial charge < -0.3 is 30.4 Å². The average molecular weight is 522 g/mol. The summed E-state index contributed by atoms with van der Waals surface area (Å²) < 4.78 is 16.5. The molecule has 1 saturated heterocycles. The number of aliphatic hydroxyl groups is 1. The van der Waals surface area contributed by atoms with Crippen LogP contribution in [0.5, 0.6) is 11.5 Å². The SMILES string of the molecule is COCCCOc1cc(CC(CC(N)C(O)CNC(=O)C(C)(C)N2CCCCC2)C(C)C)ccc1OC. The maximum atomic E-state index is 12.9. The number of rotatable bonds is 16. The molecule has 0 aliphatic carbocycles. The first-order valence-corrected chi connectivity index (χ1v) is 13.9. The van der Waals surface area contributed by atoms with Gasteiger partial charge in [0.2, 0.25) is 5.91 Å². The number of amides is 1. The monoisotopic (exact) mass is 521 g/mol. The smallest absolute Gasteiger partial charge is 0.240 e. The van der Waals surface area contributed by atoms with Crippen LogP contribution in [0.15, 0.2) is 18.2 Å². The molecule has 0 spiro atoms. The van der Waals surface area contributed by atoms with Gasteiger partial charge in [-0.15, -0.1) is 0 Å². The van der Waals surface area contributed by atoms with E-state index in [1.165, 1.54) is 6.42 Å². The second-order valence-corrected chi connectivity index (χ2v) is 11.2. The third-order valence-electron chi connectivity index (χ3n) is 7.66. The number of hydrogen-bond acceptors (Lipinski definition) is 7. The number of nitrogens with one attached hydrogen (secondary N) is 1. The van der Waals surface area contributed by atoms with Gasteiger partial charge in [-0.3, -0.25) is 9.69 Å². The van der Waals surface area contributed by atoms with Gasteiger partial charge in [0.05, 0.1) is 25.4 Å². The summed E-state index contributed by atoms with van der Waals surface area (Å²) in [6.45, 7) is 11.5. The van der Waals surface area contributed by atoms with E-state index in [1.54, 1.807) is 14.2 Å². The van der Waals surface area contributed by atoms with Crippen molar-refractivity contribution in [2.75, 3.05) is 47.1 Å². The number of carbonyl (C=O) groups excluding carboxylic acids is 1.